The molecule has 2 rings (SSSR count). The first-order valence-electron chi connectivity index (χ1n) is 8.12. The average molecular weight is 281 g/mol. The maximum absolute atomic E-state index is 11.5. The number of carbonyl (C=O) groups is 1. The monoisotopic (exact) mass is 281 g/mol. The van der Waals surface area contributed by atoms with Gasteiger partial charge >= 0.3 is 0 Å². The summed E-state index contributed by atoms with van der Waals surface area (Å²) in [6.07, 6.45) is 4.40. The summed E-state index contributed by atoms with van der Waals surface area (Å²) >= 11 is 0. The fourth-order valence-corrected chi connectivity index (χ4v) is 3.83. The molecule has 0 spiro atoms. The summed E-state index contributed by atoms with van der Waals surface area (Å²) in [7, 11) is 0. The molecule has 1 aliphatic carbocycles. The Kier molecular flexibility index (Phi) is 5.08. The highest BCUT2D eigenvalue weighted by atomic mass is 16.1. The predicted molar refractivity (Wildman–Crippen MR) is 82.3 cm³/mol. The van der Waals surface area contributed by atoms with E-state index in [1.54, 1.807) is 0 Å². The summed E-state index contributed by atoms with van der Waals surface area (Å²) in [6, 6.07) is 0.561. The molecule has 0 radical (unpaired) electrons. The molecule has 3 N–H and O–H groups in total. The molecule has 1 amide bonds. The first-order valence-corrected chi connectivity index (χ1v) is 8.12. The van der Waals surface area contributed by atoms with Crippen LogP contribution in [-0.4, -0.2) is 43.0 Å². The first-order chi connectivity index (χ1) is 9.41. The second kappa shape index (κ2) is 6.44. The predicted octanol–water partition coefficient (Wildman–Crippen LogP) is 1.60. The number of nitrogens with zero attached hydrogens (tertiary/aromatic N) is 1. The van der Waals surface area contributed by atoms with E-state index < -0.39 is 0 Å². The highest BCUT2D eigenvalue weighted by molar-refractivity contribution is 5.76. The van der Waals surface area contributed by atoms with Crippen molar-refractivity contribution in [3.8, 4) is 0 Å². The third-order valence-corrected chi connectivity index (χ3v) is 5.30. The van der Waals surface area contributed by atoms with Crippen molar-refractivity contribution >= 4 is 5.91 Å². The molecule has 0 bridgehead atoms. The van der Waals surface area contributed by atoms with Crippen molar-refractivity contribution in [1.29, 1.82) is 0 Å². The Morgan fingerprint density at radius 2 is 2.05 bits per heavy atom. The van der Waals surface area contributed by atoms with Crippen LogP contribution in [0.3, 0.4) is 0 Å². The van der Waals surface area contributed by atoms with Crippen LogP contribution in [0.15, 0.2) is 0 Å². The molecule has 4 heteroatoms. The summed E-state index contributed by atoms with van der Waals surface area (Å²) < 4.78 is 0. The van der Waals surface area contributed by atoms with E-state index in [9.17, 15) is 4.79 Å². The molecule has 2 aliphatic rings. The highest BCUT2D eigenvalue weighted by Gasteiger charge is 2.38. The van der Waals surface area contributed by atoms with Gasteiger partial charge in [0.15, 0.2) is 0 Å². The van der Waals surface area contributed by atoms with Gasteiger partial charge in [0.2, 0.25) is 5.91 Å². The standard InChI is InChI=1S/C16H31N3O/c1-16(2,3)13-5-4-12(11-17)14(10-13)19-8-6-15(20)18-7-9-19/h12-14H,4-11,17H2,1-3H3,(H,18,20). The summed E-state index contributed by atoms with van der Waals surface area (Å²) in [5, 5.41) is 2.98. The molecule has 3 unspecified atom stereocenters. The van der Waals surface area contributed by atoms with Crippen molar-refractivity contribution in [3.05, 3.63) is 0 Å². The number of hydrogen-bond donors (Lipinski definition) is 2. The maximum Gasteiger partial charge on any atom is 0.221 e. The molecule has 20 heavy (non-hydrogen) atoms. The zero-order valence-corrected chi connectivity index (χ0v) is 13.3. The fraction of sp³-hybridized carbons (Fsp3) is 0.938. The molecule has 1 heterocycles. The molecule has 1 saturated heterocycles. The van der Waals surface area contributed by atoms with E-state index >= 15 is 0 Å². The van der Waals surface area contributed by atoms with Crippen molar-refractivity contribution in [3.63, 3.8) is 0 Å². The molecular formula is C16H31N3O. The van der Waals surface area contributed by atoms with E-state index in [1.165, 1.54) is 19.3 Å². The van der Waals surface area contributed by atoms with Gasteiger partial charge in [-0.3, -0.25) is 9.69 Å². The lowest BCUT2D eigenvalue weighted by Crippen LogP contribution is -2.49. The van der Waals surface area contributed by atoms with Gasteiger partial charge in [0.25, 0.3) is 0 Å². The molecule has 1 saturated carbocycles. The van der Waals surface area contributed by atoms with Crippen molar-refractivity contribution < 1.29 is 4.79 Å². The minimum Gasteiger partial charge on any atom is -0.355 e. The normalized spacial score (nSPS) is 33.6. The van der Waals surface area contributed by atoms with Gasteiger partial charge in [-0.2, -0.15) is 0 Å². The molecular weight excluding hydrogens is 250 g/mol. The van der Waals surface area contributed by atoms with Crippen LogP contribution in [0.4, 0.5) is 0 Å². The van der Waals surface area contributed by atoms with Gasteiger partial charge in [-0.1, -0.05) is 20.8 Å². The van der Waals surface area contributed by atoms with Crippen LogP contribution in [-0.2, 0) is 4.79 Å². The number of amides is 1. The topological polar surface area (TPSA) is 58.4 Å². The van der Waals surface area contributed by atoms with Crippen LogP contribution >= 0.6 is 0 Å². The zero-order chi connectivity index (χ0) is 14.8. The van der Waals surface area contributed by atoms with Gasteiger partial charge < -0.3 is 11.1 Å². The van der Waals surface area contributed by atoms with E-state index in [-0.39, 0.29) is 5.91 Å². The Hall–Kier alpha value is -0.610. The van der Waals surface area contributed by atoms with Gasteiger partial charge in [-0.05, 0) is 43.1 Å². The van der Waals surface area contributed by atoms with E-state index in [0.717, 1.165) is 32.1 Å². The molecule has 1 aliphatic heterocycles. The van der Waals surface area contributed by atoms with Crippen LogP contribution in [0.1, 0.15) is 46.5 Å². The lowest BCUT2D eigenvalue weighted by Gasteiger charge is -2.45. The summed E-state index contributed by atoms with van der Waals surface area (Å²) in [6.45, 7) is 10.5. The summed E-state index contributed by atoms with van der Waals surface area (Å²) in [5.41, 5.74) is 6.38. The van der Waals surface area contributed by atoms with Gasteiger partial charge in [-0.25, -0.2) is 0 Å². The summed E-state index contributed by atoms with van der Waals surface area (Å²) in [4.78, 5) is 14.0. The molecule has 2 fully saturated rings. The van der Waals surface area contributed by atoms with Crippen molar-refractivity contribution in [1.82, 2.24) is 10.2 Å². The number of hydrogen-bond acceptors (Lipinski definition) is 3. The van der Waals surface area contributed by atoms with Crippen molar-refractivity contribution in [2.24, 2.45) is 23.0 Å². The lowest BCUT2D eigenvalue weighted by molar-refractivity contribution is -0.120. The Bertz CT molecular complexity index is 337. The lowest BCUT2D eigenvalue weighted by atomic mass is 9.67. The van der Waals surface area contributed by atoms with Crippen LogP contribution in [0.5, 0.6) is 0 Å². The second-order valence-corrected chi connectivity index (χ2v) is 7.58. The molecule has 4 nitrogen and oxygen atoms in total. The number of nitrogens with two attached hydrogens (primary N) is 1. The van der Waals surface area contributed by atoms with Gasteiger partial charge in [-0.15, -0.1) is 0 Å². The molecule has 0 aromatic heterocycles. The largest absolute Gasteiger partial charge is 0.355 e. The van der Waals surface area contributed by atoms with Crippen molar-refractivity contribution in [2.75, 3.05) is 26.2 Å². The van der Waals surface area contributed by atoms with Crippen LogP contribution in [0.25, 0.3) is 0 Å². The SMILES string of the molecule is CC(C)(C)C1CCC(CN)C(N2CCNC(=O)CC2)C1. The van der Waals surface area contributed by atoms with Crippen LogP contribution < -0.4 is 11.1 Å². The van der Waals surface area contributed by atoms with Crippen LogP contribution in [0.2, 0.25) is 0 Å². The van der Waals surface area contributed by atoms with Gasteiger partial charge in [0, 0.05) is 32.1 Å². The van der Waals surface area contributed by atoms with Gasteiger partial charge in [0.1, 0.15) is 0 Å². The quantitative estimate of drug-likeness (QED) is 0.808. The Balaban J connectivity index is 2.06. The fourth-order valence-electron chi connectivity index (χ4n) is 3.83. The third-order valence-electron chi connectivity index (χ3n) is 5.30. The Morgan fingerprint density at radius 1 is 1.30 bits per heavy atom. The van der Waals surface area contributed by atoms with E-state index in [0.29, 0.717) is 23.8 Å². The number of rotatable bonds is 2. The molecule has 0 aromatic carbocycles. The maximum atomic E-state index is 11.5. The smallest absolute Gasteiger partial charge is 0.221 e. The second-order valence-electron chi connectivity index (χ2n) is 7.58. The average Bonchev–Trinajstić information content (AvgIpc) is 2.61. The Labute approximate surface area is 123 Å². The van der Waals surface area contributed by atoms with Gasteiger partial charge in [0.05, 0.1) is 0 Å². The van der Waals surface area contributed by atoms with Crippen LogP contribution in [0, 0.1) is 17.3 Å². The minimum atomic E-state index is 0.194. The molecule has 116 valence electrons. The number of nitrogens with one attached hydrogen (secondary N) is 1. The summed E-state index contributed by atoms with van der Waals surface area (Å²) in [5.74, 6) is 1.56. The molecule has 0 aromatic rings. The molecule has 3 atom stereocenters. The van der Waals surface area contributed by atoms with E-state index in [2.05, 4.69) is 31.0 Å². The zero-order valence-electron chi connectivity index (χ0n) is 13.3. The minimum absolute atomic E-state index is 0.194. The highest BCUT2D eigenvalue weighted by Crippen LogP contribution is 2.41. The van der Waals surface area contributed by atoms with E-state index in [4.69, 9.17) is 5.73 Å². The van der Waals surface area contributed by atoms with E-state index in [1.807, 2.05) is 0 Å². The first kappa shape index (κ1) is 15.8. The Morgan fingerprint density at radius 3 is 2.70 bits per heavy atom. The number of carbonyl (C=O) groups excluding carboxylic acids is 1. The third kappa shape index (κ3) is 3.73. The van der Waals surface area contributed by atoms with Crippen molar-refractivity contribution in [2.45, 2.75) is 52.5 Å².